The topological polar surface area (TPSA) is 95.9 Å². The van der Waals surface area contributed by atoms with Gasteiger partial charge in [-0.2, -0.15) is 0 Å². The molecule has 0 aromatic carbocycles. The number of rotatable bonds is 49. The smallest absolute Gasteiger partial charge is 0.306 e. The Hall–Kier alpha value is -2.18. The highest BCUT2D eigenvalue weighted by Crippen LogP contribution is 2.18. The van der Waals surface area contributed by atoms with Crippen LogP contribution >= 0.6 is 0 Å². The number of aliphatic hydroxyl groups is 2. The second-order valence-corrected chi connectivity index (χ2v) is 18.7. The third-order valence-electron chi connectivity index (χ3n) is 12.5. The standard InChI is InChI=1S/C57H105NO5/c1-4-7-10-13-16-19-22-25-28-29-30-33-36-39-42-45-48-53(63-57(62)50-47-44-41-38-35-32-27-24-21-18-15-12-9-6-3)51-56(61)58-54(52-59)55(60)49-46-43-40-37-34-31-26-23-20-17-14-11-8-5-2/h16,19,22,25,28-30,33,53-55,59-60H,4-15,17-18,20-21,23-24,26-27,31-32,34-52H2,1-3H3,(H,58,61)/b19-16+,25-22+,29-28+,33-30+. The summed E-state index contributed by atoms with van der Waals surface area (Å²) in [6, 6.07) is -0.713. The monoisotopic (exact) mass is 884 g/mol. The molecule has 1 amide bonds. The number of amides is 1. The molecule has 0 radical (unpaired) electrons. The van der Waals surface area contributed by atoms with Crippen LogP contribution in [0.15, 0.2) is 48.6 Å². The van der Waals surface area contributed by atoms with E-state index >= 15 is 0 Å². The molecule has 6 heteroatoms. The third-order valence-corrected chi connectivity index (χ3v) is 12.5. The lowest BCUT2D eigenvalue weighted by molar-refractivity contribution is -0.151. The van der Waals surface area contributed by atoms with Crippen LogP contribution in [0.4, 0.5) is 0 Å². The van der Waals surface area contributed by atoms with E-state index in [1.807, 2.05) is 0 Å². The van der Waals surface area contributed by atoms with Crippen molar-refractivity contribution in [2.24, 2.45) is 0 Å². The molecule has 3 unspecified atom stereocenters. The van der Waals surface area contributed by atoms with E-state index in [9.17, 15) is 19.8 Å². The second kappa shape index (κ2) is 50.8. The van der Waals surface area contributed by atoms with Gasteiger partial charge in [0.05, 0.1) is 25.2 Å². The first-order valence-corrected chi connectivity index (χ1v) is 27.4. The van der Waals surface area contributed by atoms with Crippen LogP contribution in [-0.2, 0) is 14.3 Å². The number of esters is 1. The molecule has 3 atom stereocenters. The van der Waals surface area contributed by atoms with Crippen molar-refractivity contribution in [1.29, 1.82) is 0 Å². The van der Waals surface area contributed by atoms with Crippen molar-refractivity contribution < 1.29 is 24.5 Å². The van der Waals surface area contributed by atoms with Crippen molar-refractivity contribution in [3.63, 3.8) is 0 Å². The lowest BCUT2D eigenvalue weighted by Gasteiger charge is -2.24. The molecule has 0 bridgehead atoms. The summed E-state index contributed by atoms with van der Waals surface area (Å²) in [6.45, 7) is 6.45. The van der Waals surface area contributed by atoms with Crippen LogP contribution in [-0.4, -0.2) is 46.9 Å². The molecule has 0 saturated carbocycles. The molecule has 0 spiro atoms. The molecule has 0 aromatic heterocycles. The normalized spacial score (nSPS) is 13.5. The Morgan fingerprint density at radius 3 is 1.25 bits per heavy atom. The molecule has 0 saturated heterocycles. The quantitative estimate of drug-likeness (QED) is 0.0321. The summed E-state index contributed by atoms with van der Waals surface area (Å²) >= 11 is 0. The van der Waals surface area contributed by atoms with E-state index in [1.165, 1.54) is 161 Å². The van der Waals surface area contributed by atoms with Crippen LogP contribution in [0, 0.1) is 0 Å². The van der Waals surface area contributed by atoms with Gasteiger partial charge < -0.3 is 20.3 Å². The SMILES string of the molecule is CCCCC/C=C/C=C/C=C/C=C/CCCCCC(CC(=O)NC(CO)C(O)CCCCCCCCCCCCCCCC)OC(=O)CCCCCCCCCCCCCCCC. The van der Waals surface area contributed by atoms with Crippen molar-refractivity contribution in [3.8, 4) is 0 Å². The zero-order valence-electron chi connectivity index (χ0n) is 42.0. The maximum absolute atomic E-state index is 13.2. The van der Waals surface area contributed by atoms with Gasteiger partial charge in [-0.3, -0.25) is 9.59 Å². The molecule has 0 aliphatic heterocycles. The van der Waals surface area contributed by atoms with Crippen LogP contribution in [0.2, 0.25) is 0 Å². The van der Waals surface area contributed by atoms with Crippen molar-refractivity contribution in [3.05, 3.63) is 48.6 Å². The van der Waals surface area contributed by atoms with Gasteiger partial charge in [0, 0.05) is 6.42 Å². The Bertz CT molecular complexity index is 1080. The first kappa shape index (κ1) is 60.8. The first-order chi connectivity index (χ1) is 31.0. The number of unbranched alkanes of at least 4 members (excludes halogenated alkanes) is 32. The van der Waals surface area contributed by atoms with Crippen LogP contribution in [0.5, 0.6) is 0 Å². The van der Waals surface area contributed by atoms with Gasteiger partial charge in [-0.25, -0.2) is 0 Å². The summed E-state index contributed by atoms with van der Waals surface area (Å²) in [5.74, 6) is -0.502. The molecule has 63 heavy (non-hydrogen) atoms. The number of aliphatic hydroxyl groups excluding tert-OH is 2. The number of nitrogens with one attached hydrogen (secondary N) is 1. The van der Waals surface area contributed by atoms with Crippen LogP contribution in [0.1, 0.15) is 278 Å². The van der Waals surface area contributed by atoms with Crippen LogP contribution in [0.25, 0.3) is 0 Å². The second-order valence-electron chi connectivity index (χ2n) is 18.7. The Balaban J connectivity index is 4.64. The van der Waals surface area contributed by atoms with Crippen LogP contribution in [0.3, 0.4) is 0 Å². The van der Waals surface area contributed by atoms with Crippen molar-refractivity contribution in [1.82, 2.24) is 5.32 Å². The van der Waals surface area contributed by atoms with E-state index in [4.69, 9.17) is 4.74 Å². The number of carbonyl (C=O) groups is 2. The lowest BCUT2D eigenvalue weighted by Crippen LogP contribution is -2.46. The van der Waals surface area contributed by atoms with Gasteiger partial charge in [-0.15, -0.1) is 0 Å². The summed E-state index contributed by atoms with van der Waals surface area (Å²) in [5.41, 5.74) is 0. The minimum atomic E-state index is -0.798. The van der Waals surface area contributed by atoms with E-state index in [-0.39, 0.29) is 24.9 Å². The van der Waals surface area contributed by atoms with Gasteiger partial charge in [-0.1, -0.05) is 262 Å². The van der Waals surface area contributed by atoms with Crippen molar-refractivity contribution in [2.45, 2.75) is 296 Å². The Morgan fingerprint density at radius 1 is 0.460 bits per heavy atom. The highest BCUT2D eigenvalue weighted by Gasteiger charge is 2.24. The highest BCUT2D eigenvalue weighted by molar-refractivity contribution is 5.77. The summed E-state index contributed by atoms with van der Waals surface area (Å²) in [6.07, 6.45) is 61.6. The summed E-state index contributed by atoms with van der Waals surface area (Å²) < 4.78 is 5.93. The van der Waals surface area contributed by atoms with Gasteiger partial charge in [0.25, 0.3) is 0 Å². The van der Waals surface area contributed by atoms with Gasteiger partial charge in [-0.05, 0) is 51.4 Å². The molecule has 0 rings (SSSR count). The summed E-state index contributed by atoms with van der Waals surface area (Å²) in [4.78, 5) is 26.2. The molecular weight excluding hydrogens is 779 g/mol. The number of carbonyl (C=O) groups excluding carboxylic acids is 2. The van der Waals surface area contributed by atoms with E-state index in [1.54, 1.807) is 0 Å². The fourth-order valence-electron chi connectivity index (χ4n) is 8.33. The summed E-state index contributed by atoms with van der Waals surface area (Å²) in [5, 5.41) is 23.8. The third kappa shape index (κ3) is 46.2. The number of allylic oxidation sites excluding steroid dienone is 8. The van der Waals surface area contributed by atoms with E-state index < -0.39 is 18.2 Å². The number of ether oxygens (including phenoxy) is 1. The van der Waals surface area contributed by atoms with Crippen molar-refractivity contribution >= 4 is 11.9 Å². The molecular formula is C57H105NO5. The average molecular weight is 884 g/mol. The van der Waals surface area contributed by atoms with Gasteiger partial charge in [0.15, 0.2) is 0 Å². The summed E-state index contributed by atoms with van der Waals surface area (Å²) in [7, 11) is 0. The lowest BCUT2D eigenvalue weighted by atomic mass is 10.0. The maximum Gasteiger partial charge on any atom is 0.306 e. The number of hydrogen-bond acceptors (Lipinski definition) is 5. The van der Waals surface area contributed by atoms with Gasteiger partial charge in [0.1, 0.15) is 6.10 Å². The van der Waals surface area contributed by atoms with Crippen molar-refractivity contribution in [2.75, 3.05) is 6.61 Å². The largest absolute Gasteiger partial charge is 0.462 e. The Morgan fingerprint density at radius 2 is 0.810 bits per heavy atom. The van der Waals surface area contributed by atoms with Gasteiger partial charge in [0.2, 0.25) is 5.91 Å². The van der Waals surface area contributed by atoms with Crippen LogP contribution < -0.4 is 5.32 Å². The van der Waals surface area contributed by atoms with E-state index in [0.29, 0.717) is 19.3 Å². The molecule has 3 N–H and O–H groups in total. The van der Waals surface area contributed by atoms with E-state index in [0.717, 1.165) is 70.6 Å². The maximum atomic E-state index is 13.2. The van der Waals surface area contributed by atoms with Gasteiger partial charge >= 0.3 is 5.97 Å². The predicted molar refractivity (Wildman–Crippen MR) is 273 cm³/mol. The molecule has 368 valence electrons. The minimum Gasteiger partial charge on any atom is -0.462 e. The fourth-order valence-corrected chi connectivity index (χ4v) is 8.33. The molecule has 0 fully saturated rings. The van der Waals surface area contributed by atoms with E-state index in [2.05, 4.69) is 74.7 Å². The zero-order valence-corrected chi connectivity index (χ0v) is 42.0. The molecule has 6 nitrogen and oxygen atoms in total. The molecule has 0 aliphatic carbocycles. The molecule has 0 heterocycles. The minimum absolute atomic E-state index is 0.0543. The number of hydrogen-bond donors (Lipinski definition) is 3. The first-order valence-electron chi connectivity index (χ1n) is 27.4. The average Bonchev–Trinajstić information content (AvgIpc) is 3.28. The fraction of sp³-hybridized carbons (Fsp3) is 0.825. The zero-order chi connectivity index (χ0) is 45.9. The Kier molecular flexibility index (Phi) is 49.1. The predicted octanol–water partition coefficient (Wildman–Crippen LogP) is 16.6. The Labute approximate surface area is 391 Å². The molecule has 0 aromatic rings. The molecule has 0 aliphatic rings. The highest BCUT2D eigenvalue weighted by atomic mass is 16.5.